The third kappa shape index (κ3) is 0.336. The van der Waals surface area contributed by atoms with Crippen LogP contribution in [0.1, 0.15) is 6.42 Å². The lowest BCUT2D eigenvalue weighted by Gasteiger charge is -2.16. The van der Waals surface area contributed by atoms with Gasteiger partial charge in [-0.1, -0.05) is 0 Å². The number of hydrogen-bond acceptors (Lipinski definition) is 2. The fourth-order valence-electron chi connectivity index (χ4n) is 6.68. The summed E-state index contributed by atoms with van der Waals surface area (Å²) in [5.74, 6) is 0.151. The topological polar surface area (TPSA) is 74.6 Å². The van der Waals surface area contributed by atoms with Crippen molar-refractivity contribution < 1.29 is 19.8 Å². The van der Waals surface area contributed by atoms with Crippen LogP contribution in [-0.4, -0.2) is 22.2 Å². The molecule has 2 N–H and O–H groups in total. The molecule has 0 aliphatic heterocycles. The molecule has 0 saturated heterocycles. The van der Waals surface area contributed by atoms with E-state index >= 15 is 0 Å². The summed E-state index contributed by atoms with van der Waals surface area (Å²) < 4.78 is 0. The predicted octanol–water partition coefficient (Wildman–Crippen LogP) is 0.284. The van der Waals surface area contributed by atoms with Crippen LogP contribution in [0.25, 0.3) is 0 Å². The minimum absolute atomic E-state index is 0.228. The second-order valence-electron chi connectivity index (χ2n) is 6.01. The van der Waals surface area contributed by atoms with E-state index in [2.05, 4.69) is 0 Å². The Morgan fingerprint density at radius 2 is 1.20 bits per heavy atom. The Kier molecular flexibility index (Phi) is 0.691. The summed E-state index contributed by atoms with van der Waals surface area (Å²) in [6.45, 7) is 0. The van der Waals surface area contributed by atoms with E-state index < -0.39 is 22.8 Å². The second kappa shape index (κ2) is 1.43. The van der Waals surface area contributed by atoms with Crippen molar-refractivity contribution in [1.29, 1.82) is 0 Å². The summed E-state index contributed by atoms with van der Waals surface area (Å²) in [4.78, 5) is 22.9. The highest BCUT2D eigenvalue weighted by Crippen LogP contribution is 3.04. The number of rotatable bonds is 2. The van der Waals surface area contributed by atoms with E-state index in [4.69, 9.17) is 0 Å². The molecular formula is C11H10O4. The fraction of sp³-hybridized carbons (Fsp3) is 0.818. The second-order valence-corrected chi connectivity index (χ2v) is 6.01. The van der Waals surface area contributed by atoms with Crippen LogP contribution < -0.4 is 0 Å². The summed E-state index contributed by atoms with van der Waals surface area (Å²) in [5, 5.41) is 18.8. The van der Waals surface area contributed by atoms with Gasteiger partial charge in [0.15, 0.2) is 0 Å². The maximum absolute atomic E-state index is 11.5. The molecule has 0 spiro atoms. The van der Waals surface area contributed by atoms with Crippen molar-refractivity contribution in [3.05, 3.63) is 0 Å². The SMILES string of the molecule is O=C(O)C12[C@@H]3C4CC([C@H]31)[C@H]1[C@H]4C12C(=O)O. The summed E-state index contributed by atoms with van der Waals surface area (Å²) >= 11 is 0. The van der Waals surface area contributed by atoms with Gasteiger partial charge < -0.3 is 10.2 Å². The minimum atomic E-state index is -0.822. The van der Waals surface area contributed by atoms with Gasteiger partial charge >= 0.3 is 11.9 Å². The highest BCUT2D eigenvalue weighted by Gasteiger charge is 3.08. The lowest BCUT2D eigenvalue weighted by atomic mass is 9.86. The molecule has 2 unspecified atom stereocenters. The van der Waals surface area contributed by atoms with E-state index in [1.807, 2.05) is 0 Å². The first-order valence-electron chi connectivity index (χ1n) is 5.58. The molecule has 6 aliphatic rings. The van der Waals surface area contributed by atoms with Gasteiger partial charge in [0, 0.05) is 0 Å². The van der Waals surface area contributed by atoms with Crippen LogP contribution in [0.2, 0.25) is 0 Å². The Morgan fingerprint density at radius 1 is 0.867 bits per heavy atom. The van der Waals surface area contributed by atoms with Crippen LogP contribution in [0.3, 0.4) is 0 Å². The first kappa shape index (κ1) is 7.25. The molecule has 15 heavy (non-hydrogen) atoms. The molecule has 0 radical (unpaired) electrons. The van der Waals surface area contributed by atoms with Crippen molar-refractivity contribution in [3.8, 4) is 0 Å². The molecule has 0 aromatic heterocycles. The summed E-state index contributed by atoms with van der Waals surface area (Å²) in [5.41, 5.74) is -1.64. The molecule has 6 aliphatic carbocycles. The monoisotopic (exact) mass is 206 g/mol. The largest absolute Gasteiger partial charge is 0.481 e. The molecule has 0 amide bonds. The molecule has 0 heterocycles. The van der Waals surface area contributed by atoms with Crippen LogP contribution in [0.5, 0.6) is 0 Å². The molecule has 6 rings (SSSR count). The van der Waals surface area contributed by atoms with Crippen molar-refractivity contribution in [2.45, 2.75) is 6.42 Å². The van der Waals surface area contributed by atoms with Gasteiger partial charge in [-0.3, -0.25) is 9.59 Å². The summed E-state index contributed by atoms with van der Waals surface area (Å²) in [6.07, 6.45) is 1.12. The van der Waals surface area contributed by atoms with E-state index in [0.717, 1.165) is 6.42 Å². The summed E-state index contributed by atoms with van der Waals surface area (Å²) in [6, 6.07) is 0. The normalized spacial score (nSPS) is 73.3. The van der Waals surface area contributed by atoms with E-state index in [9.17, 15) is 19.8 Å². The Bertz CT molecular complexity index is 405. The average molecular weight is 206 g/mol. The number of aliphatic carboxylic acids is 2. The molecule has 2 bridgehead atoms. The average Bonchev–Trinajstić information content (AvgIpc) is 2.90. The summed E-state index contributed by atoms with van der Waals surface area (Å²) in [7, 11) is 0. The van der Waals surface area contributed by atoms with Crippen molar-refractivity contribution in [2.24, 2.45) is 46.3 Å². The molecule has 78 valence electrons. The quantitative estimate of drug-likeness (QED) is 0.680. The van der Waals surface area contributed by atoms with Gasteiger partial charge in [0.05, 0.1) is 10.8 Å². The molecule has 4 heteroatoms. The van der Waals surface area contributed by atoms with Crippen molar-refractivity contribution in [1.82, 2.24) is 0 Å². The Morgan fingerprint density at radius 3 is 1.47 bits per heavy atom. The van der Waals surface area contributed by atoms with Gasteiger partial charge in [0.25, 0.3) is 0 Å². The number of carboxylic acids is 2. The Hall–Kier alpha value is -1.06. The van der Waals surface area contributed by atoms with Gasteiger partial charge in [-0.15, -0.1) is 0 Å². The van der Waals surface area contributed by atoms with Crippen LogP contribution in [-0.2, 0) is 9.59 Å². The predicted molar refractivity (Wildman–Crippen MR) is 45.7 cm³/mol. The zero-order chi connectivity index (χ0) is 10.3. The highest BCUT2D eigenvalue weighted by molar-refractivity contribution is 5.98. The maximum atomic E-state index is 11.5. The lowest BCUT2D eigenvalue weighted by molar-refractivity contribution is -0.158. The third-order valence-electron chi connectivity index (χ3n) is 6.44. The van der Waals surface area contributed by atoms with Crippen LogP contribution in [0, 0.1) is 46.3 Å². The molecule has 4 nitrogen and oxygen atoms in total. The van der Waals surface area contributed by atoms with Crippen LogP contribution in [0.15, 0.2) is 0 Å². The van der Waals surface area contributed by atoms with Gasteiger partial charge in [-0.2, -0.15) is 0 Å². The van der Waals surface area contributed by atoms with Gasteiger partial charge in [-0.25, -0.2) is 0 Å². The van der Waals surface area contributed by atoms with Gasteiger partial charge in [-0.05, 0) is 41.9 Å². The van der Waals surface area contributed by atoms with E-state index in [1.165, 1.54) is 0 Å². The molecule has 6 atom stereocenters. The van der Waals surface area contributed by atoms with Gasteiger partial charge in [0.2, 0.25) is 0 Å². The molecular weight excluding hydrogens is 196 g/mol. The number of carbonyl (C=O) groups is 2. The van der Waals surface area contributed by atoms with Crippen molar-refractivity contribution in [2.75, 3.05) is 0 Å². The first-order chi connectivity index (χ1) is 7.11. The maximum Gasteiger partial charge on any atom is 0.311 e. The first-order valence-corrected chi connectivity index (χ1v) is 5.58. The third-order valence-corrected chi connectivity index (χ3v) is 6.44. The van der Waals surface area contributed by atoms with Crippen LogP contribution in [0.4, 0.5) is 0 Å². The zero-order valence-corrected chi connectivity index (χ0v) is 7.88. The number of hydrogen-bond donors (Lipinski definition) is 2. The smallest absolute Gasteiger partial charge is 0.311 e. The highest BCUT2D eigenvalue weighted by atomic mass is 16.4. The van der Waals surface area contributed by atoms with E-state index in [1.54, 1.807) is 0 Å². The fourth-order valence-corrected chi connectivity index (χ4v) is 6.68. The molecule has 6 saturated carbocycles. The van der Waals surface area contributed by atoms with E-state index in [-0.39, 0.29) is 23.7 Å². The molecule has 6 fully saturated rings. The zero-order valence-electron chi connectivity index (χ0n) is 7.88. The minimum Gasteiger partial charge on any atom is -0.481 e. The van der Waals surface area contributed by atoms with Crippen molar-refractivity contribution >= 4 is 11.9 Å². The standard InChI is InChI=1S/C11H10O4/c12-8(13)10-4-2-1-3(6(4)10)7-5(2)11(7,10)9(14)15/h2-7H,1H2,(H,12,13)(H,14,15)/t2?,3?,4-,5+,6-,7+,10?,11?. The van der Waals surface area contributed by atoms with Crippen LogP contribution >= 0.6 is 0 Å². The Balaban J connectivity index is 1.84. The lowest BCUT2D eigenvalue weighted by Crippen LogP contribution is -2.34. The van der Waals surface area contributed by atoms with Crippen molar-refractivity contribution in [3.63, 3.8) is 0 Å². The Labute approximate surface area is 85.3 Å². The number of carboxylic acid groups (broad SMARTS) is 2. The molecule has 0 aromatic carbocycles. The molecule has 0 aromatic rings. The van der Waals surface area contributed by atoms with Gasteiger partial charge in [0.1, 0.15) is 0 Å². The van der Waals surface area contributed by atoms with E-state index in [0.29, 0.717) is 11.8 Å².